The lowest BCUT2D eigenvalue weighted by Crippen LogP contribution is -2.25. The van der Waals surface area contributed by atoms with Crippen LogP contribution in [-0.4, -0.2) is 28.0 Å². The zero-order chi connectivity index (χ0) is 18.7. The minimum atomic E-state index is -0.337. The number of nitrogens with zero attached hydrogens (tertiary/aromatic N) is 1. The van der Waals surface area contributed by atoms with E-state index in [9.17, 15) is 9.90 Å². The number of nitriles is 1. The lowest BCUT2D eigenvalue weighted by Gasteiger charge is -2.22. The topological polar surface area (TPSA) is 61.1 Å². The number of unbranched alkanes of at least 4 members (excludes halogenated alkanes) is 5. The van der Waals surface area contributed by atoms with E-state index < -0.39 is 0 Å². The van der Waals surface area contributed by atoms with Crippen molar-refractivity contribution in [1.29, 1.82) is 5.26 Å². The van der Waals surface area contributed by atoms with E-state index in [1.165, 1.54) is 0 Å². The van der Waals surface area contributed by atoms with E-state index in [-0.39, 0.29) is 23.2 Å². The van der Waals surface area contributed by atoms with Gasteiger partial charge in [0.05, 0.1) is 12.2 Å². The van der Waals surface area contributed by atoms with Gasteiger partial charge in [-0.05, 0) is 25.3 Å². The zero-order valence-electron chi connectivity index (χ0n) is 16.2. The molecule has 4 heteroatoms. The van der Waals surface area contributed by atoms with Crippen molar-refractivity contribution in [3.8, 4) is 6.07 Å². The molecule has 0 spiro atoms. The van der Waals surface area contributed by atoms with E-state index in [4.69, 9.17) is 5.26 Å². The van der Waals surface area contributed by atoms with Crippen molar-refractivity contribution in [2.45, 2.75) is 89.9 Å². The molecule has 0 bridgehead atoms. The summed E-state index contributed by atoms with van der Waals surface area (Å²) in [6.45, 7) is 6.19. The molecule has 0 unspecified atom stereocenters. The zero-order valence-corrected chi connectivity index (χ0v) is 17.0. The van der Waals surface area contributed by atoms with Crippen molar-refractivity contribution in [2.75, 3.05) is 5.75 Å². The lowest BCUT2D eigenvalue weighted by molar-refractivity contribution is -0.122. The minimum Gasteiger partial charge on any atom is -0.392 e. The summed E-state index contributed by atoms with van der Waals surface area (Å²) in [7, 11) is 0. The molecular formula is C21H35NO2S. The first-order chi connectivity index (χ1) is 11.9. The van der Waals surface area contributed by atoms with Crippen LogP contribution in [0.15, 0.2) is 12.2 Å². The van der Waals surface area contributed by atoms with Gasteiger partial charge >= 0.3 is 0 Å². The minimum absolute atomic E-state index is 0.0926. The predicted octanol–water partition coefficient (Wildman–Crippen LogP) is 5.28. The summed E-state index contributed by atoms with van der Waals surface area (Å²) in [5.41, 5.74) is -0.306. The summed E-state index contributed by atoms with van der Waals surface area (Å²) in [6, 6.07) is 2.19. The van der Waals surface area contributed by atoms with Crippen LogP contribution in [0.2, 0.25) is 0 Å². The number of rotatable bonds is 12. The molecule has 1 aliphatic heterocycles. The van der Waals surface area contributed by atoms with Gasteiger partial charge in [0.15, 0.2) is 5.78 Å². The highest BCUT2D eigenvalue weighted by molar-refractivity contribution is 8.00. The molecular weight excluding hydrogens is 330 g/mol. The molecule has 0 aromatic heterocycles. The Bertz CT molecular complexity index is 467. The molecule has 1 saturated heterocycles. The van der Waals surface area contributed by atoms with Gasteiger partial charge in [0.1, 0.15) is 0 Å². The van der Waals surface area contributed by atoms with Crippen molar-refractivity contribution < 1.29 is 9.90 Å². The third-order valence-electron chi connectivity index (χ3n) is 5.17. The molecule has 0 amide bonds. The number of aliphatic hydroxyl groups excluding tert-OH is 1. The Morgan fingerprint density at radius 1 is 1.28 bits per heavy atom. The van der Waals surface area contributed by atoms with Crippen LogP contribution in [0.1, 0.15) is 78.6 Å². The van der Waals surface area contributed by atoms with Crippen molar-refractivity contribution in [1.82, 2.24) is 0 Å². The molecule has 1 heterocycles. The Balaban J connectivity index is 2.47. The van der Waals surface area contributed by atoms with E-state index >= 15 is 0 Å². The van der Waals surface area contributed by atoms with Crippen LogP contribution in [0, 0.1) is 22.7 Å². The lowest BCUT2D eigenvalue weighted by atomic mass is 9.82. The Morgan fingerprint density at radius 3 is 2.68 bits per heavy atom. The Hall–Kier alpha value is -0.790. The maximum atomic E-state index is 12.5. The number of ketones is 1. The van der Waals surface area contributed by atoms with Crippen LogP contribution < -0.4 is 0 Å². The summed E-state index contributed by atoms with van der Waals surface area (Å²) in [6.07, 6.45) is 12.6. The summed E-state index contributed by atoms with van der Waals surface area (Å²) in [4.78, 5) is 12.5. The van der Waals surface area contributed by atoms with Crippen LogP contribution in [0.5, 0.6) is 0 Å². The fourth-order valence-corrected chi connectivity index (χ4v) is 4.78. The van der Waals surface area contributed by atoms with Gasteiger partial charge < -0.3 is 5.11 Å². The first kappa shape index (κ1) is 22.3. The fourth-order valence-electron chi connectivity index (χ4n) is 3.29. The Morgan fingerprint density at radius 2 is 2.00 bits per heavy atom. The van der Waals surface area contributed by atoms with E-state index in [1.54, 1.807) is 6.08 Å². The summed E-state index contributed by atoms with van der Waals surface area (Å²) in [5.74, 6) is 1.04. The van der Waals surface area contributed by atoms with Crippen LogP contribution in [0.25, 0.3) is 0 Å². The molecule has 0 saturated carbocycles. The molecule has 1 fully saturated rings. The largest absolute Gasteiger partial charge is 0.392 e. The smallest absolute Gasteiger partial charge is 0.160 e. The highest BCUT2D eigenvalue weighted by atomic mass is 32.2. The molecule has 1 rings (SSSR count). The van der Waals surface area contributed by atoms with Crippen molar-refractivity contribution in [3.05, 3.63) is 12.2 Å². The molecule has 0 aromatic rings. The second kappa shape index (κ2) is 11.8. The van der Waals surface area contributed by atoms with Gasteiger partial charge in [0, 0.05) is 28.8 Å². The monoisotopic (exact) mass is 365 g/mol. The highest BCUT2D eigenvalue weighted by Crippen LogP contribution is 2.37. The van der Waals surface area contributed by atoms with Crippen molar-refractivity contribution in [3.63, 3.8) is 0 Å². The van der Waals surface area contributed by atoms with Gasteiger partial charge in [-0.3, -0.25) is 4.79 Å². The molecule has 1 aliphatic rings. The Labute approximate surface area is 158 Å². The number of carbonyl (C=O) groups is 1. The number of aliphatic hydroxyl groups is 1. The average Bonchev–Trinajstić information content (AvgIpc) is 2.93. The summed E-state index contributed by atoms with van der Waals surface area (Å²) >= 11 is 1.84. The van der Waals surface area contributed by atoms with Gasteiger partial charge in [-0.25, -0.2) is 0 Å². The van der Waals surface area contributed by atoms with E-state index in [1.807, 2.05) is 31.7 Å². The van der Waals surface area contributed by atoms with Gasteiger partial charge in [0.2, 0.25) is 0 Å². The molecule has 0 aliphatic carbocycles. The normalized spacial score (nSPS) is 23.9. The number of carbonyl (C=O) groups excluding carboxylic acids is 1. The number of thioether (sulfide) groups is 1. The number of allylic oxidation sites excluding steroid dienone is 1. The summed E-state index contributed by atoms with van der Waals surface area (Å²) in [5, 5.41) is 19.2. The molecule has 25 heavy (non-hydrogen) atoms. The maximum Gasteiger partial charge on any atom is 0.160 e. The first-order valence-electron chi connectivity index (χ1n) is 9.81. The molecule has 3 atom stereocenters. The van der Waals surface area contributed by atoms with E-state index in [0.29, 0.717) is 11.7 Å². The first-order valence-corrected chi connectivity index (χ1v) is 10.9. The third kappa shape index (κ3) is 7.96. The molecule has 0 aromatic carbocycles. The SMILES string of the molecule is CCCCC(C)(C)C(=O)C=C[C@H]1[C@H](O)CS[C@@H]1CCCCCCC#N. The van der Waals surface area contributed by atoms with E-state index in [0.717, 1.165) is 57.1 Å². The quantitative estimate of drug-likeness (QED) is 0.377. The van der Waals surface area contributed by atoms with Gasteiger partial charge in [-0.2, -0.15) is 17.0 Å². The second-order valence-corrected chi connectivity index (χ2v) is 9.11. The predicted molar refractivity (Wildman–Crippen MR) is 107 cm³/mol. The molecule has 142 valence electrons. The van der Waals surface area contributed by atoms with Crippen LogP contribution in [-0.2, 0) is 4.79 Å². The van der Waals surface area contributed by atoms with Crippen molar-refractivity contribution >= 4 is 17.5 Å². The van der Waals surface area contributed by atoms with Crippen molar-refractivity contribution in [2.24, 2.45) is 11.3 Å². The van der Waals surface area contributed by atoms with Gasteiger partial charge in [-0.15, -0.1) is 0 Å². The summed E-state index contributed by atoms with van der Waals surface area (Å²) < 4.78 is 0. The Kier molecular flexibility index (Phi) is 10.5. The number of hydrogen-bond acceptors (Lipinski definition) is 4. The van der Waals surface area contributed by atoms with Crippen LogP contribution >= 0.6 is 11.8 Å². The molecule has 3 nitrogen and oxygen atoms in total. The standard InChI is InChI=1S/C21H35NO2S/c1-4-5-14-21(2,3)20(24)13-12-17-18(23)16-25-19(17)11-9-7-6-8-10-15-22/h12-13,17-19,23H,4-11,14,16H2,1-3H3/t17-,18+,19+/m0/s1. The van der Waals surface area contributed by atoms with E-state index in [2.05, 4.69) is 13.0 Å². The van der Waals surface area contributed by atoms with Crippen LogP contribution in [0.4, 0.5) is 0 Å². The highest BCUT2D eigenvalue weighted by Gasteiger charge is 2.34. The van der Waals surface area contributed by atoms with Gasteiger partial charge in [0.25, 0.3) is 0 Å². The second-order valence-electron chi connectivity index (χ2n) is 7.84. The average molecular weight is 366 g/mol. The number of hydrogen-bond donors (Lipinski definition) is 1. The molecule has 1 N–H and O–H groups in total. The van der Waals surface area contributed by atoms with Crippen LogP contribution in [0.3, 0.4) is 0 Å². The van der Waals surface area contributed by atoms with Gasteiger partial charge in [-0.1, -0.05) is 59.0 Å². The maximum absolute atomic E-state index is 12.5. The fraction of sp³-hybridized carbons (Fsp3) is 0.810. The third-order valence-corrected chi connectivity index (χ3v) is 6.69. The molecule has 0 radical (unpaired) electrons.